The first-order valence-electron chi connectivity index (χ1n) is 11.6. The summed E-state index contributed by atoms with van der Waals surface area (Å²) in [6.07, 6.45) is 5.41. The molecule has 5 rings (SSSR count). The van der Waals surface area contributed by atoms with E-state index in [1.165, 1.54) is 27.1 Å². The van der Waals surface area contributed by atoms with E-state index >= 15 is 0 Å². The van der Waals surface area contributed by atoms with Crippen molar-refractivity contribution < 1.29 is 14.0 Å². The van der Waals surface area contributed by atoms with Crippen LogP contribution in [0.15, 0.2) is 20.9 Å². The maximum atomic E-state index is 13.1. The zero-order chi connectivity index (χ0) is 23.4. The molecule has 0 unspecified atom stereocenters. The summed E-state index contributed by atoms with van der Waals surface area (Å²) in [5.74, 6) is -0.959. The average Bonchev–Trinajstić information content (AvgIpc) is 2.80. The highest BCUT2D eigenvalue weighted by atomic mass is 32.1. The third kappa shape index (κ3) is 3.22. The van der Waals surface area contributed by atoms with Gasteiger partial charge in [-0.05, 0) is 81.9 Å². The van der Waals surface area contributed by atoms with Crippen LogP contribution in [0.3, 0.4) is 0 Å². The van der Waals surface area contributed by atoms with Gasteiger partial charge in [0.2, 0.25) is 0 Å². The molecule has 172 valence electrons. The normalized spacial score (nSPS) is 18.3. The maximum Gasteiger partial charge on any atom is 0.343 e. The van der Waals surface area contributed by atoms with Crippen molar-refractivity contribution in [2.24, 2.45) is 0 Å². The number of hydrogen-bond donors (Lipinski definition) is 0. The number of hydrogen-bond acceptors (Lipinski definition) is 6. The first-order chi connectivity index (χ1) is 15.9. The van der Waals surface area contributed by atoms with Gasteiger partial charge in [0.15, 0.2) is 5.11 Å². The van der Waals surface area contributed by atoms with Gasteiger partial charge in [0, 0.05) is 42.8 Å². The Bertz CT molecular complexity index is 1280. The van der Waals surface area contributed by atoms with Crippen LogP contribution in [0, 0.1) is 6.92 Å². The first-order valence-corrected chi connectivity index (χ1v) is 12.0. The summed E-state index contributed by atoms with van der Waals surface area (Å²) in [5.41, 5.74) is 4.64. The number of carbonyl (C=O) groups excluding carboxylic acids is 2. The van der Waals surface area contributed by atoms with Gasteiger partial charge >= 0.3 is 5.63 Å². The van der Waals surface area contributed by atoms with E-state index in [0.29, 0.717) is 18.7 Å². The molecular weight excluding hydrogens is 438 g/mol. The van der Waals surface area contributed by atoms with E-state index in [1.807, 2.05) is 6.92 Å². The van der Waals surface area contributed by atoms with Crippen LogP contribution in [0.4, 0.5) is 5.69 Å². The monoisotopic (exact) mass is 465 g/mol. The van der Waals surface area contributed by atoms with Crippen LogP contribution in [-0.4, -0.2) is 52.9 Å². The number of likely N-dealkylation sites (N-methyl/N-ethyl adjacent to an activating group) is 2. The molecule has 1 aromatic heterocycles. The molecule has 0 N–H and O–H groups in total. The first kappa shape index (κ1) is 21.8. The fourth-order valence-electron chi connectivity index (χ4n) is 5.37. The number of benzene rings is 1. The Morgan fingerprint density at radius 2 is 1.67 bits per heavy atom. The third-order valence-corrected chi connectivity index (χ3v) is 7.47. The van der Waals surface area contributed by atoms with Gasteiger partial charge in [-0.3, -0.25) is 19.4 Å². The molecule has 1 aromatic carbocycles. The number of aryl methyl sites for hydroxylation is 3. The lowest BCUT2D eigenvalue weighted by Gasteiger charge is -2.37. The Labute approximate surface area is 197 Å². The molecule has 3 aliphatic rings. The molecule has 0 bridgehead atoms. The molecule has 0 aliphatic carbocycles. The molecule has 4 heterocycles. The van der Waals surface area contributed by atoms with Crippen molar-refractivity contribution in [2.45, 2.75) is 46.5 Å². The molecule has 2 amide bonds. The van der Waals surface area contributed by atoms with Gasteiger partial charge in [-0.1, -0.05) is 0 Å². The minimum Gasteiger partial charge on any atom is -0.422 e. The van der Waals surface area contributed by atoms with Crippen molar-refractivity contribution in [1.29, 1.82) is 0 Å². The molecule has 7 nitrogen and oxygen atoms in total. The van der Waals surface area contributed by atoms with Crippen LogP contribution in [0.2, 0.25) is 0 Å². The Hall–Kier alpha value is -3.00. The fourth-order valence-corrected chi connectivity index (χ4v) is 5.79. The second-order valence-electron chi connectivity index (χ2n) is 8.80. The number of fused-ring (bicyclic) bond motifs is 2. The summed E-state index contributed by atoms with van der Waals surface area (Å²) in [4.78, 5) is 44.4. The van der Waals surface area contributed by atoms with E-state index in [4.69, 9.17) is 16.6 Å². The Balaban J connectivity index is 1.71. The topological polar surface area (TPSA) is 74.1 Å². The Morgan fingerprint density at radius 3 is 2.30 bits per heavy atom. The fraction of sp³-hybridized carbons (Fsp3) is 0.440. The van der Waals surface area contributed by atoms with E-state index in [9.17, 15) is 14.4 Å². The predicted octanol–water partition coefficient (Wildman–Crippen LogP) is 3.18. The Morgan fingerprint density at radius 1 is 1.03 bits per heavy atom. The average molecular weight is 466 g/mol. The lowest BCUT2D eigenvalue weighted by molar-refractivity contribution is -0.133. The minimum absolute atomic E-state index is 0.0625. The van der Waals surface area contributed by atoms with Gasteiger partial charge in [-0.15, -0.1) is 0 Å². The number of thiocarbonyl (C=S) groups is 1. The highest BCUT2D eigenvalue weighted by molar-refractivity contribution is 7.80. The number of anilines is 1. The van der Waals surface area contributed by atoms with Gasteiger partial charge in [0.05, 0.1) is 5.56 Å². The molecule has 0 radical (unpaired) electrons. The van der Waals surface area contributed by atoms with Crippen molar-refractivity contribution in [3.8, 4) is 0 Å². The van der Waals surface area contributed by atoms with Gasteiger partial charge in [0.25, 0.3) is 11.8 Å². The summed E-state index contributed by atoms with van der Waals surface area (Å²) in [6, 6.07) is 2.13. The number of nitrogens with zero attached hydrogens (tertiary/aromatic N) is 3. The highest BCUT2D eigenvalue weighted by Gasteiger charge is 2.38. The molecule has 0 saturated carbocycles. The number of rotatable bonds is 3. The van der Waals surface area contributed by atoms with Gasteiger partial charge in [-0.25, -0.2) is 4.79 Å². The summed E-state index contributed by atoms with van der Waals surface area (Å²) in [5, 5.41) is 1.08. The molecular formula is C25H27N3O4S. The van der Waals surface area contributed by atoms with Crippen LogP contribution < -0.4 is 10.5 Å². The smallest absolute Gasteiger partial charge is 0.343 e. The van der Waals surface area contributed by atoms with Crippen molar-refractivity contribution in [3.63, 3.8) is 0 Å². The van der Waals surface area contributed by atoms with Crippen molar-refractivity contribution in [3.05, 3.63) is 44.3 Å². The van der Waals surface area contributed by atoms with Gasteiger partial charge in [0.1, 0.15) is 11.2 Å². The van der Waals surface area contributed by atoms with Crippen LogP contribution in [0.5, 0.6) is 0 Å². The molecule has 2 aromatic rings. The maximum absolute atomic E-state index is 13.1. The summed E-state index contributed by atoms with van der Waals surface area (Å²) < 4.78 is 5.88. The molecule has 8 heteroatoms. The second kappa shape index (κ2) is 8.09. The molecule has 1 fully saturated rings. The van der Waals surface area contributed by atoms with Crippen LogP contribution >= 0.6 is 12.2 Å². The van der Waals surface area contributed by atoms with Gasteiger partial charge in [-0.2, -0.15) is 0 Å². The quantitative estimate of drug-likeness (QED) is 0.300. The minimum atomic E-state index is -0.531. The zero-order valence-electron chi connectivity index (χ0n) is 19.2. The van der Waals surface area contributed by atoms with Crippen molar-refractivity contribution in [2.75, 3.05) is 31.1 Å². The number of carbonyl (C=O) groups is 2. The molecule has 0 atom stereocenters. The number of amides is 2. The van der Waals surface area contributed by atoms with E-state index in [-0.39, 0.29) is 16.2 Å². The summed E-state index contributed by atoms with van der Waals surface area (Å²) >= 11 is 5.33. The second-order valence-corrected chi connectivity index (χ2v) is 9.17. The lowest BCUT2D eigenvalue weighted by atomic mass is 9.88. The summed E-state index contributed by atoms with van der Waals surface area (Å²) in [6.45, 7) is 8.23. The standard InChI is InChI=1S/C25H27N3O4S/c1-4-27-22(29)19(23(30)28(5-2)25(27)33)13-18-14(3)17-12-15-8-6-10-26-11-7-9-16(20(15)26)21(17)32-24(18)31/h12-13H,4-11H2,1-3H3. The van der Waals surface area contributed by atoms with Crippen molar-refractivity contribution >= 4 is 51.9 Å². The molecule has 33 heavy (non-hydrogen) atoms. The molecule has 3 aliphatic heterocycles. The molecule has 1 saturated heterocycles. The summed E-state index contributed by atoms with van der Waals surface area (Å²) in [7, 11) is 0. The SMILES string of the molecule is CCN1C(=O)C(=Cc2c(C)c3cc4c5c(c3oc2=O)CCCN5CCC4)C(=O)N(CC)C1=S. The van der Waals surface area contributed by atoms with E-state index < -0.39 is 17.4 Å². The van der Waals surface area contributed by atoms with Gasteiger partial charge < -0.3 is 9.32 Å². The predicted molar refractivity (Wildman–Crippen MR) is 131 cm³/mol. The largest absolute Gasteiger partial charge is 0.422 e. The van der Waals surface area contributed by atoms with Crippen LogP contribution in [-0.2, 0) is 22.4 Å². The van der Waals surface area contributed by atoms with E-state index in [1.54, 1.807) is 13.8 Å². The lowest BCUT2D eigenvalue weighted by Crippen LogP contribution is -2.55. The van der Waals surface area contributed by atoms with Crippen molar-refractivity contribution in [1.82, 2.24) is 9.80 Å². The zero-order valence-corrected chi connectivity index (χ0v) is 20.0. The van der Waals surface area contributed by atoms with E-state index in [2.05, 4.69) is 11.0 Å². The van der Waals surface area contributed by atoms with Crippen LogP contribution in [0.25, 0.3) is 17.0 Å². The van der Waals surface area contributed by atoms with E-state index in [0.717, 1.165) is 55.3 Å². The Kier molecular flexibility index (Phi) is 5.35. The molecule has 0 spiro atoms. The third-order valence-electron chi connectivity index (χ3n) is 7.03. The highest BCUT2D eigenvalue weighted by Crippen LogP contribution is 2.40. The van der Waals surface area contributed by atoms with Crippen LogP contribution in [0.1, 0.15) is 48.9 Å².